The van der Waals surface area contributed by atoms with Crippen LogP contribution >= 0.6 is 15.9 Å². The molecule has 1 atom stereocenters. The molecular weight excluding hydrogens is 354 g/mol. The number of nitrogens with zero attached hydrogens (tertiary/aromatic N) is 1. The Morgan fingerprint density at radius 3 is 2.73 bits per heavy atom. The molecule has 3 N–H and O–H groups in total. The Bertz CT molecular complexity index is 590. The zero-order valence-electron chi connectivity index (χ0n) is 12.5. The standard InChI is InChI=1S/C14H18BrN3O4/c1-4-8(2)17-13(20)14(21)18-16-7-9-5-10(15)12(19)11(6-9)22-3/h5-8,19H,4H2,1-3H3,(H,17,20)(H,18,21)/b16-7-/t8-/m0/s1. The average Bonchev–Trinajstić information content (AvgIpc) is 2.50. The molecular formula is C14H18BrN3O4. The average molecular weight is 372 g/mol. The van der Waals surface area contributed by atoms with Crippen LogP contribution in [-0.4, -0.2) is 36.3 Å². The van der Waals surface area contributed by atoms with Gasteiger partial charge in [-0.3, -0.25) is 9.59 Å². The topological polar surface area (TPSA) is 100 Å². The molecule has 22 heavy (non-hydrogen) atoms. The molecule has 0 aliphatic carbocycles. The van der Waals surface area contributed by atoms with Gasteiger partial charge in [-0.15, -0.1) is 0 Å². The highest BCUT2D eigenvalue weighted by Gasteiger charge is 2.14. The van der Waals surface area contributed by atoms with E-state index >= 15 is 0 Å². The first-order valence-corrected chi connectivity index (χ1v) is 7.38. The first-order valence-electron chi connectivity index (χ1n) is 6.59. The fourth-order valence-electron chi connectivity index (χ4n) is 1.43. The minimum Gasteiger partial charge on any atom is -0.503 e. The van der Waals surface area contributed by atoms with E-state index in [9.17, 15) is 14.7 Å². The third-order valence-electron chi connectivity index (χ3n) is 2.85. The number of hydrogen-bond acceptors (Lipinski definition) is 5. The number of phenols is 1. The molecule has 0 aliphatic rings. The Labute approximate surface area is 136 Å². The summed E-state index contributed by atoms with van der Waals surface area (Å²) < 4.78 is 5.42. The van der Waals surface area contributed by atoms with Crippen LogP contribution in [0.1, 0.15) is 25.8 Å². The summed E-state index contributed by atoms with van der Waals surface area (Å²) in [5.74, 6) is -1.36. The number of hydrogen-bond donors (Lipinski definition) is 3. The van der Waals surface area contributed by atoms with Crippen molar-refractivity contribution in [2.24, 2.45) is 5.10 Å². The first kappa shape index (κ1) is 18.0. The SMILES string of the molecule is CC[C@H](C)NC(=O)C(=O)N/N=C\c1cc(Br)c(O)c(OC)c1. The summed E-state index contributed by atoms with van der Waals surface area (Å²) in [7, 11) is 1.42. The Hall–Kier alpha value is -2.09. The fraction of sp³-hybridized carbons (Fsp3) is 0.357. The Morgan fingerprint density at radius 1 is 1.45 bits per heavy atom. The van der Waals surface area contributed by atoms with Crippen molar-refractivity contribution in [1.82, 2.24) is 10.7 Å². The van der Waals surface area contributed by atoms with Gasteiger partial charge in [-0.25, -0.2) is 5.43 Å². The summed E-state index contributed by atoms with van der Waals surface area (Å²) in [6.07, 6.45) is 2.06. The predicted molar refractivity (Wildman–Crippen MR) is 86.0 cm³/mol. The highest BCUT2D eigenvalue weighted by atomic mass is 79.9. The molecule has 8 heteroatoms. The van der Waals surface area contributed by atoms with Crippen molar-refractivity contribution in [3.05, 3.63) is 22.2 Å². The van der Waals surface area contributed by atoms with Gasteiger partial charge in [0.05, 0.1) is 17.8 Å². The normalized spacial score (nSPS) is 12.0. The van der Waals surface area contributed by atoms with Crippen LogP contribution in [0.3, 0.4) is 0 Å². The van der Waals surface area contributed by atoms with E-state index in [0.717, 1.165) is 6.42 Å². The Morgan fingerprint density at radius 2 is 2.14 bits per heavy atom. The predicted octanol–water partition coefficient (Wildman–Crippen LogP) is 1.53. The second kappa shape index (κ2) is 8.38. The van der Waals surface area contributed by atoms with Crippen molar-refractivity contribution in [3.63, 3.8) is 0 Å². The number of amides is 2. The van der Waals surface area contributed by atoms with Gasteiger partial charge in [-0.05, 0) is 47.0 Å². The minimum absolute atomic E-state index is 0.0309. The first-order chi connectivity index (χ1) is 10.4. The lowest BCUT2D eigenvalue weighted by atomic mass is 10.2. The van der Waals surface area contributed by atoms with E-state index in [1.54, 1.807) is 13.0 Å². The number of methoxy groups -OCH3 is 1. The lowest BCUT2D eigenvalue weighted by Gasteiger charge is -2.09. The summed E-state index contributed by atoms with van der Waals surface area (Å²) >= 11 is 3.17. The molecule has 0 aromatic heterocycles. The van der Waals surface area contributed by atoms with Crippen molar-refractivity contribution >= 4 is 34.0 Å². The maximum atomic E-state index is 11.5. The molecule has 0 bridgehead atoms. The second-order valence-corrected chi connectivity index (χ2v) is 5.39. The van der Waals surface area contributed by atoms with E-state index in [1.165, 1.54) is 19.4 Å². The third kappa shape index (κ3) is 5.03. The Balaban J connectivity index is 2.68. The van der Waals surface area contributed by atoms with Gasteiger partial charge >= 0.3 is 11.8 Å². The minimum atomic E-state index is -0.846. The largest absolute Gasteiger partial charge is 0.503 e. The van der Waals surface area contributed by atoms with E-state index in [2.05, 4.69) is 31.8 Å². The molecule has 0 aliphatic heterocycles. The number of carbonyl (C=O) groups is 2. The van der Waals surface area contributed by atoms with E-state index in [4.69, 9.17) is 4.74 Å². The van der Waals surface area contributed by atoms with Crippen LogP contribution in [0, 0.1) is 0 Å². The Kier molecular flexibility index (Phi) is 6.84. The van der Waals surface area contributed by atoms with Crippen LogP contribution in [0.5, 0.6) is 11.5 Å². The number of benzene rings is 1. The molecule has 0 fully saturated rings. The number of halogens is 1. The van der Waals surface area contributed by atoms with E-state index in [0.29, 0.717) is 10.0 Å². The monoisotopic (exact) mass is 371 g/mol. The summed E-state index contributed by atoms with van der Waals surface area (Å²) in [6, 6.07) is 3.04. The zero-order chi connectivity index (χ0) is 16.7. The summed E-state index contributed by atoms with van der Waals surface area (Å²) in [5, 5.41) is 15.9. The molecule has 0 heterocycles. The molecule has 1 aromatic rings. The number of aromatic hydroxyl groups is 1. The molecule has 0 spiro atoms. The molecule has 0 radical (unpaired) electrons. The van der Waals surface area contributed by atoms with Crippen molar-refractivity contribution < 1.29 is 19.4 Å². The van der Waals surface area contributed by atoms with Gasteiger partial charge in [0.15, 0.2) is 11.5 Å². The number of carbonyl (C=O) groups excluding carboxylic acids is 2. The zero-order valence-corrected chi connectivity index (χ0v) is 14.1. The molecule has 1 aromatic carbocycles. The lowest BCUT2D eigenvalue weighted by molar-refractivity contribution is -0.139. The van der Waals surface area contributed by atoms with Crippen molar-refractivity contribution in [1.29, 1.82) is 0 Å². The van der Waals surface area contributed by atoms with Gasteiger partial charge in [0.2, 0.25) is 0 Å². The van der Waals surface area contributed by atoms with E-state index in [-0.39, 0.29) is 17.5 Å². The molecule has 0 saturated heterocycles. The van der Waals surface area contributed by atoms with Crippen molar-refractivity contribution in [3.8, 4) is 11.5 Å². The fourth-order valence-corrected chi connectivity index (χ4v) is 1.89. The van der Waals surface area contributed by atoms with Crippen LogP contribution in [-0.2, 0) is 9.59 Å². The van der Waals surface area contributed by atoms with Crippen LogP contribution in [0.25, 0.3) is 0 Å². The van der Waals surface area contributed by atoms with E-state index in [1.807, 2.05) is 6.92 Å². The van der Waals surface area contributed by atoms with Crippen molar-refractivity contribution in [2.45, 2.75) is 26.3 Å². The third-order valence-corrected chi connectivity index (χ3v) is 3.45. The molecule has 1 rings (SSSR count). The van der Waals surface area contributed by atoms with Gasteiger partial charge in [0.1, 0.15) is 0 Å². The number of phenolic OH excluding ortho intramolecular Hbond substituents is 1. The number of hydrazone groups is 1. The maximum Gasteiger partial charge on any atom is 0.329 e. The quantitative estimate of drug-likeness (QED) is 0.415. The molecule has 120 valence electrons. The summed E-state index contributed by atoms with van der Waals surface area (Å²) in [5.41, 5.74) is 2.71. The van der Waals surface area contributed by atoms with Crippen LogP contribution in [0.2, 0.25) is 0 Å². The summed E-state index contributed by atoms with van der Waals surface area (Å²) in [4.78, 5) is 23.0. The highest BCUT2D eigenvalue weighted by molar-refractivity contribution is 9.10. The van der Waals surface area contributed by atoms with Crippen LogP contribution in [0.15, 0.2) is 21.7 Å². The van der Waals surface area contributed by atoms with Gasteiger partial charge < -0.3 is 15.2 Å². The molecule has 2 amide bonds. The highest BCUT2D eigenvalue weighted by Crippen LogP contribution is 2.34. The lowest BCUT2D eigenvalue weighted by Crippen LogP contribution is -2.41. The second-order valence-electron chi connectivity index (χ2n) is 4.54. The number of nitrogens with one attached hydrogen (secondary N) is 2. The van der Waals surface area contributed by atoms with Gasteiger partial charge in [0, 0.05) is 6.04 Å². The molecule has 7 nitrogen and oxygen atoms in total. The number of rotatable bonds is 5. The van der Waals surface area contributed by atoms with Crippen molar-refractivity contribution in [2.75, 3.05) is 7.11 Å². The number of ether oxygens (including phenoxy) is 1. The molecule has 0 unspecified atom stereocenters. The maximum absolute atomic E-state index is 11.5. The van der Waals surface area contributed by atoms with Gasteiger partial charge in [-0.2, -0.15) is 5.10 Å². The van der Waals surface area contributed by atoms with Gasteiger partial charge in [0.25, 0.3) is 0 Å². The van der Waals surface area contributed by atoms with E-state index < -0.39 is 11.8 Å². The summed E-state index contributed by atoms with van der Waals surface area (Å²) in [6.45, 7) is 3.70. The van der Waals surface area contributed by atoms with Crippen LogP contribution < -0.4 is 15.5 Å². The van der Waals surface area contributed by atoms with Crippen LogP contribution in [0.4, 0.5) is 0 Å². The smallest absolute Gasteiger partial charge is 0.329 e. The van der Waals surface area contributed by atoms with Gasteiger partial charge in [-0.1, -0.05) is 6.92 Å². The molecule has 0 saturated carbocycles.